The second-order valence-corrected chi connectivity index (χ2v) is 7.06. The van der Waals surface area contributed by atoms with E-state index in [1.165, 1.54) is 7.11 Å². The lowest BCUT2D eigenvalue weighted by Crippen LogP contribution is -2.28. The zero-order chi connectivity index (χ0) is 19.8. The van der Waals surface area contributed by atoms with E-state index in [-0.39, 0.29) is 12.3 Å². The molecular weight excluding hydrogens is 364 g/mol. The summed E-state index contributed by atoms with van der Waals surface area (Å²) in [5.41, 5.74) is 9.13. The zero-order valence-corrected chi connectivity index (χ0v) is 16.0. The van der Waals surface area contributed by atoms with Crippen molar-refractivity contribution in [1.82, 2.24) is 5.32 Å². The number of nitrogens with two attached hydrogens (primary N) is 1. The van der Waals surface area contributed by atoms with Gasteiger partial charge in [-0.15, -0.1) is 0 Å². The van der Waals surface area contributed by atoms with E-state index in [0.717, 1.165) is 28.5 Å². The van der Waals surface area contributed by atoms with Gasteiger partial charge in [-0.05, 0) is 36.6 Å². The molecule has 0 radical (unpaired) electrons. The third kappa shape index (κ3) is 5.86. The summed E-state index contributed by atoms with van der Waals surface area (Å²) in [6.07, 6.45) is 0.251. The van der Waals surface area contributed by atoms with Gasteiger partial charge < -0.3 is 15.8 Å². The summed E-state index contributed by atoms with van der Waals surface area (Å²) in [6, 6.07) is 12.9. The number of rotatable bonds is 9. The fourth-order valence-electron chi connectivity index (χ4n) is 2.54. The maximum atomic E-state index is 12.6. The molecule has 142 valence electrons. The minimum Gasteiger partial charge on any atom is -0.496 e. The Bertz CT molecular complexity index is 821. The van der Waals surface area contributed by atoms with Crippen molar-refractivity contribution in [2.45, 2.75) is 25.1 Å². The van der Waals surface area contributed by atoms with Crippen molar-refractivity contribution in [2.24, 2.45) is 5.73 Å². The molecule has 0 aliphatic heterocycles. The van der Waals surface area contributed by atoms with Gasteiger partial charge in [0, 0.05) is 6.54 Å². The summed E-state index contributed by atoms with van der Waals surface area (Å²) in [4.78, 5) is 34.8. The van der Waals surface area contributed by atoms with Crippen LogP contribution in [0.5, 0.6) is 5.75 Å². The van der Waals surface area contributed by atoms with Crippen molar-refractivity contribution < 1.29 is 19.1 Å². The Morgan fingerprint density at radius 2 is 1.85 bits per heavy atom. The molecule has 0 fully saturated rings. The lowest BCUT2D eigenvalue weighted by molar-refractivity contribution is -0.117. The third-order valence-corrected chi connectivity index (χ3v) is 4.88. The Balaban J connectivity index is 2.15. The number of thioether (sulfide) groups is 1. The molecule has 0 aliphatic carbocycles. The highest BCUT2D eigenvalue weighted by Gasteiger charge is 2.19. The van der Waals surface area contributed by atoms with E-state index in [9.17, 15) is 14.4 Å². The minimum atomic E-state index is -0.681. The van der Waals surface area contributed by atoms with Gasteiger partial charge in [-0.25, -0.2) is 0 Å². The van der Waals surface area contributed by atoms with E-state index in [1.54, 1.807) is 18.2 Å². The van der Waals surface area contributed by atoms with E-state index >= 15 is 0 Å². The number of ether oxygens (including phenoxy) is 1. The van der Waals surface area contributed by atoms with Crippen LogP contribution >= 0.6 is 11.8 Å². The Hall–Kier alpha value is -2.80. The van der Waals surface area contributed by atoms with E-state index in [2.05, 4.69) is 5.32 Å². The van der Waals surface area contributed by atoms with Crippen molar-refractivity contribution >= 4 is 29.2 Å². The smallest absolute Gasteiger partial charge is 0.255 e. The fourth-order valence-corrected chi connectivity index (χ4v) is 3.10. The van der Waals surface area contributed by atoms with Gasteiger partial charge in [0.1, 0.15) is 5.75 Å². The van der Waals surface area contributed by atoms with Crippen LogP contribution in [0.4, 0.5) is 0 Å². The molecule has 0 aromatic heterocycles. The second-order valence-electron chi connectivity index (χ2n) is 6.03. The van der Waals surface area contributed by atoms with E-state index in [4.69, 9.17) is 10.5 Å². The molecule has 27 heavy (non-hydrogen) atoms. The van der Waals surface area contributed by atoms with Crippen LogP contribution in [0, 0.1) is 6.92 Å². The SMILES string of the molecule is COc1ccc(CC(SC=O)C(N)=O)cc1C(=O)NCc1ccc(C)cc1. The number of nitrogens with one attached hydrogen (secondary N) is 1. The lowest BCUT2D eigenvalue weighted by atomic mass is 10.0. The zero-order valence-electron chi connectivity index (χ0n) is 15.2. The number of amides is 2. The minimum absolute atomic E-state index is 0.251. The number of methoxy groups -OCH3 is 1. The lowest BCUT2D eigenvalue weighted by Gasteiger charge is -2.14. The number of aryl methyl sites for hydroxylation is 1. The summed E-state index contributed by atoms with van der Waals surface area (Å²) in [5.74, 6) is -0.431. The van der Waals surface area contributed by atoms with Crippen LogP contribution in [0.15, 0.2) is 42.5 Å². The standard InChI is InChI=1S/C20H22N2O4S/c1-13-3-5-14(6-4-13)11-22-20(25)16-9-15(7-8-17(16)26-2)10-18(19(21)24)27-12-23/h3-9,12,18H,10-11H2,1-2H3,(H2,21,24)(H,22,25). The van der Waals surface area contributed by atoms with Gasteiger partial charge in [0.25, 0.3) is 5.91 Å². The number of carbonyl (C=O) groups is 3. The highest BCUT2D eigenvalue weighted by Crippen LogP contribution is 2.23. The van der Waals surface area contributed by atoms with Gasteiger partial charge >= 0.3 is 0 Å². The van der Waals surface area contributed by atoms with E-state index < -0.39 is 11.2 Å². The topological polar surface area (TPSA) is 98.5 Å². The number of benzene rings is 2. The monoisotopic (exact) mass is 386 g/mol. The van der Waals surface area contributed by atoms with Crippen molar-refractivity contribution in [3.63, 3.8) is 0 Å². The average molecular weight is 386 g/mol. The predicted molar refractivity (Wildman–Crippen MR) is 106 cm³/mol. The largest absolute Gasteiger partial charge is 0.496 e. The Kier molecular flexibility index (Phi) is 7.43. The summed E-state index contributed by atoms with van der Waals surface area (Å²) in [6.45, 7) is 2.39. The Labute approximate surface area is 162 Å². The maximum Gasteiger partial charge on any atom is 0.255 e. The molecule has 0 saturated carbocycles. The first-order valence-electron chi connectivity index (χ1n) is 8.33. The summed E-state index contributed by atoms with van der Waals surface area (Å²) in [7, 11) is 1.49. The summed E-state index contributed by atoms with van der Waals surface area (Å²) < 4.78 is 5.28. The van der Waals surface area contributed by atoms with Crippen LogP contribution in [-0.4, -0.2) is 29.8 Å². The molecular formula is C20H22N2O4S. The molecule has 1 unspecified atom stereocenters. The highest BCUT2D eigenvalue weighted by molar-refractivity contribution is 8.13. The first-order valence-corrected chi connectivity index (χ1v) is 9.28. The molecule has 2 amide bonds. The summed E-state index contributed by atoms with van der Waals surface area (Å²) >= 11 is 0.825. The van der Waals surface area contributed by atoms with Gasteiger partial charge in [-0.2, -0.15) is 0 Å². The maximum absolute atomic E-state index is 12.6. The van der Waals surface area contributed by atoms with Crippen LogP contribution < -0.4 is 15.8 Å². The number of carbonyl (C=O) groups excluding carboxylic acids is 3. The van der Waals surface area contributed by atoms with E-state index in [1.807, 2.05) is 31.2 Å². The molecule has 0 aliphatic rings. The first kappa shape index (κ1) is 20.5. The fraction of sp³-hybridized carbons (Fsp3) is 0.250. The second kappa shape index (κ2) is 9.78. The van der Waals surface area contributed by atoms with Crippen LogP contribution in [-0.2, 0) is 22.6 Å². The third-order valence-electron chi connectivity index (χ3n) is 4.04. The van der Waals surface area contributed by atoms with E-state index in [0.29, 0.717) is 23.5 Å². The average Bonchev–Trinajstić information content (AvgIpc) is 2.66. The quantitative estimate of drug-likeness (QED) is 0.644. The molecule has 2 aromatic carbocycles. The van der Waals surface area contributed by atoms with Crippen molar-refractivity contribution in [3.05, 3.63) is 64.7 Å². The van der Waals surface area contributed by atoms with Crippen LogP contribution in [0.2, 0.25) is 0 Å². The molecule has 1 atom stereocenters. The number of hydrogen-bond acceptors (Lipinski definition) is 5. The van der Waals surface area contributed by atoms with Gasteiger partial charge in [-0.1, -0.05) is 47.7 Å². The van der Waals surface area contributed by atoms with Gasteiger partial charge in [0.2, 0.25) is 5.91 Å². The molecule has 0 saturated heterocycles. The van der Waals surface area contributed by atoms with Gasteiger partial charge in [-0.3, -0.25) is 14.4 Å². The van der Waals surface area contributed by atoms with Crippen LogP contribution in [0.3, 0.4) is 0 Å². The highest BCUT2D eigenvalue weighted by atomic mass is 32.2. The molecule has 2 rings (SSSR count). The first-order chi connectivity index (χ1) is 12.9. The van der Waals surface area contributed by atoms with Crippen LogP contribution in [0.1, 0.15) is 27.0 Å². The molecule has 0 spiro atoms. The molecule has 7 heteroatoms. The molecule has 0 bridgehead atoms. The Morgan fingerprint density at radius 3 is 2.44 bits per heavy atom. The van der Waals surface area contributed by atoms with Gasteiger partial charge in [0.15, 0.2) is 5.62 Å². The van der Waals surface area contributed by atoms with Crippen molar-refractivity contribution in [1.29, 1.82) is 0 Å². The molecule has 3 N–H and O–H groups in total. The van der Waals surface area contributed by atoms with Crippen molar-refractivity contribution in [3.8, 4) is 5.75 Å². The predicted octanol–water partition coefficient (Wildman–Crippen LogP) is 2.25. The summed E-state index contributed by atoms with van der Waals surface area (Å²) in [5, 5.41) is 2.18. The van der Waals surface area contributed by atoms with Crippen LogP contribution in [0.25, 0.3) is 0 Å². The molecule has 0 heterocycles. The van der Waals surface area contributed by atoms with Gasteiger partial charge in [0.05, 0.1) is 17.9 Å². The normalized spacial score (nSPS) is 11.5. The number of primary amides is 1. The molecule has 2 aromatic rings. The number of hydrogen-bond donors (Lipinski definition) is 2. The molecule has 6 nitrogen and oxygen atoms in total. The van der Waals surface area contributed by atoms with Crippen molar-refractivity contribution in [2.75, 3.05) is 7.11 Å². The Morgan fingerprint density at radius 1 is 1.19 bits per heavy atom.